The van der Waals surface area contributed by atoms with Crippen LogP contribution in [0.3, 0.4) is 0 Å². The number of hydrogen-bond acceptors (Lipinski definition) is 4. The van der Waals surface area contributed by atoms with Gasteiger partial charge in [0.25, 0.3) is 5.91 Å². The summed E-state index contributed by atoms with van der Waals surface area (Å²) in [6.45, 7) is -0.0208. The minimum absolute atomic E-state index is 0.0176. The van der Waals surface area contributed by atoms with Crippen LogP contribution >= 0.6 is 23.2 Å². The Labute approximate surface area is 156 Å². The first-order chi connectivity index (χ1) is 12.0. The largest absolute Gasteiger partial charge is 0.489 e. The van der Waals surface area contributed by atoms with Crippen LogP contribution in [0.2, 0.25) is 10.0 Å². The molecular formula is C18H19Cl2NO4. The van der Waals surface area contributed by atoms with E-state index < -0.39 is 12.2 Å². The SMILES string of the molecule is COC(C(=O)NCC(O)COc1cccc(Cl)c1Cl)c1ccccc1. The van der Waals surface area contributed by atoms with Gasteiger partial charge in [-0.1, -0.05) is 59.6 Å². The summed E-state index contributed by atoms with van der Waals surface area (Å²) in [5.41, 5.74) is 0.735. The molecule has 134 valence electrons. The van der Waals surface area contributed by atoms with Crippen molar-refractivity contribution in [3.05, 3.63) is 64.1 Å². The number of rotatable bonds is 8. The topological polar surface area (TPSA) is 67.8 Å². The monoisotopic (exact) mass is 383 g/mol. The number of halogens is 2. The van der Waals surface area contributed by atoms with Gasteiger partial charge in [-0.05, 0) is 17.7 Å². The number of nitrogens with one attached hydrogen (secondary N) is 1. The van der Waals surface area contributed by atoms with E-state index in [1.54, 1.807) is 30.3 Å². The predicted octanol–water partition coefficient (Wildman–Crippen LogP) is 3.24. The Hall–Kier alpha value is -1.79. The number of amides is 1. The third kappa shape index (κ3) is 5.61. The van der Waals surface area contributed by atoms with Crippen molar-refractivity contribution in [2.24, 2.45) is 0 Å². The molecule has 0 aromatic heterocycles. The summed E-state index contributed by atoms with van der Waals surface area (Å²) < 4.78 is 10.7. The van der Waals surface area contributed by atoms with Crippen molar-refractivity contribution < 1.29 is 19.4 Å². The van der Waals surface area contributed by atoms with Crippen LogP contribution in [0.4, 0.5) is 0 Å². The number of methoxy groups -OCH3 is 1. The number of aliphatic hydroxyl groups excluding tert-OH is 1. The molecule has 2 N–H and O–H groups in total. The maximum Gasteiger partial charge on any atom is 0.253 e. The molecule has 0 heterocycles. The highest BCUT2D eigenvalue weighted by Crippen LogP contribution is 2.31. The molecule has 25 heavy (non-hydrogen) atoms. The van der Waals surface area contributed by atoms with Gasteiger partial charge in [-0.25, -0.2) is 0 Å². The van der Waals surface area contributed by atoms with E-state index in [0.717, 1.165) is 5.56 Å². The fraction of sp³-hybridized carbons (Fsp3) is 0.278. The lowest BCUT2D eigenvalue weighted by Gasteiger charge is -2.18. The lowest BCUT2D eigenvalue weighted by atomic mass is 10.1. The fourth-order valence-electron chi connectivity index (χ4n) is 2.17. The average molecular weight is 384 g/mol. The third-order valence-electron chi connectivity index (χ3n) is 3.44. The first-order valence-electron chi connectivity index (χ1n) is 7.63. The molecule has 2 rings (SSSR count). The highest BCUT2D eigenvalue weighted by Gasteiger charge is 2.20. The molecule has 1 amide bonds. The van der Waals surface area contributed by atoms with Crippen LogP contribution in [0.5, 0.6) is 5.75 Å². The van der Waals surface area contributed by atoms with Gasteiger partial charge in [0.05, 0.1) is 5.02 Å². The van der Waals surface area contributed by atoms with Crippen molar-refractivity contribution >= 4 is 29.1 Å². The van der Waals surface area contributed by atoms with Crippen molar-refractivity contribution in [1.82, 2.24) is 5.32 Å². The Kier molecular flexibility index (Phi) is 7.52. The van der Waals surface area contributed by atoms with E-state index in [9.17, 15) is 9.90 Å². The van der Waals surface area contributed by atoms with E-state index in [1.807, 2.05) is 18.2 Å². The first-order valence-corrected chi connectivity index (χ1v) is 8.39. The van der Waals surface area contributed by atoms with Crippen LogP contribution in [-0.4, -0.2) is 37.4 Å². The number of carbonyl (C=O) groups is 1. The van der Waals surface area contributed by atoms with Gasteiger partial charge in [-0.15, -0.1) is 0 Å². The molecule has 0 aliphatic rings. The van der Waals surface area contributed by atoms with Crippen molar-refractivity contribution in [3.8, 4) is 5.75 Å². The number of benzene rings is 2. The lowest BCUT2D eigenvalue weighted by molar-refractivity contribution is -0.132. The molecule has 5 nitrogen and oxygen atoms in total. The molecule has 0 bridgehead atoms. The average Bonchev–Trinajstić information content (AvgIpc) is 2.62. The lowest BCUT2D eigenvalue weighted by Crippen LogP contribution is -2.38. The van der Waals surface area contributed by atoms with Gasteiger partial charge < -0.3 is 19.9 Å². The summed E-state index contributed by atoms with van der Waals surface area (Å²) in [5.74, 6) is 0.0344. The van der Waals surface area contributed by atoms with E-state index in [1.165, 1.54) is 7.11 Å². The minimum atomic E-state index is -0.910. The Bertz CT molecular complexity index is 697. The molecule has 0 radical (unpaired) electrons. The van der Waals surface area contributed by atoms with Gasteiger partial charge in [-0.3, -0.25) is 4.79 Å². The summed E-state index contributed by atoms with van der Waals surface area (Å²) >= 11 is 11.9. The van der Waals surface area contributed by atoms with Crippen LogP contribution < -0.4 is 10.1 Å². The summed E-state index contributed by atoms with van der Waals surface area (Å²) in [5, 5.41) is 13.3. The zero-order chi connectivity index (χ0) is 18.2. The number of carbonyl (C=O) groups excluding carboxylic acids is 1. The van der Waals surface area contributed by atoms with E-state index in [0.29, 0.717) is 10.8 Å². The molecule has 2 unspecified atom stereocenters. The van der Waals surface area contributed by atoms with Gasteiger partial charge >= 0.3 is 0 Å². The number of aliphatic hydroxyl groups is 1. The third-order valence-corrected chi connectivity index (χ3v) is 4.24. The van der Waals surface area contributed by atoms with Crippen molar-refractivity contribution in [2.45, 2.75) is 12.2 Å². The van der Waals surface area contributed by atoms with Crippen molar-refractivity contribution in [2.75, 3.05) is 20.3 Å². The van der Waals surface area contributed by atoms with Gasteiger partial charge in [0.15, 0.2) is 6.10 Å². The molecule has 0 spiro atoms. The van der Waals surface area contributed by atoms with Gasteiger partial charge in [-0.2, -0.15) is 0 Å². The smallest absolute Gasteiger partial charge is 0.253 e. The van der Waals surface area contributed by atoms with Crippen molar-refractivity contribution in [3.63, 3.8) is 0 Å². The Balaban J connectivity index is 1.83. The summed E-state index contributed by atoms with van der Waals surface area (Å²) in [6.07, 6.45) is -1.65. The maximum absolute atomic E-state index is 12.2. The number of ether oxygens (including phenoxy) is 2. The molecule has 2 aromatic rings. The quantitative estimate of drug-likeness (QED) is 0.733. The van der Waals surface area contributed by atoms with Crippen molar-refractivity contribution in [1.29, 1.82) is 0 Å². The second kappa shape index (κ2) is 9.63. The van der Waals surface area contributed by atoms with Crippen LogP contribution in [0, 0.1) is 0 Å². The van der Waals surface area contributed by atoms with E-state index in [2.05, 4.69) is 5.32 Å². The summed E-state index contributed by atoms with van der Waals surface area (Å²) in [4.78, 5) is 12.2. The molecular weight excluding hydrogens is 365 g/mol. The predicted molar refractivity (Wildman–Crippen MR) is 97.2 cm³/mol. The zero-order valence-electron chi connectivity index (χ0n) is 13.6. The highest BCUT2D eigenvalue weighted by atomic mass is 35.5. The Morgan fingerprint density at radius 1 is 1.16 bits per heavy atom. The van der Waals surface area contributed by atoms with Crippen LogP contribution in [-0.2, 0) is 9.53 Å². The summed E-state index contributed by atoms with van der Waals surface area (Å²) in [6, 6.07) is 14.1. The molecule has 2 atom stereocenters. The van der Waals surface area contributed by atoms with E-state index in [-0.39, 0.29) is 24.1 Å². The second-order valence-corrected chi connectivity index (χ2v) is 6.07. The van der Waals surface area contributed by atoms with Gasteiger partial charge in [0.1, 0.15) is 23.5 Å². The maximum atomic E-state index is 12.2. The molecule has 0 aliphatic carbocycles. The summed E-state index contributed by atoms with van der Waals surface area (Å²) in [7, 11) is 1.46. The first kappa shape index (κ1) is 19.5. The van der Waals surface area contributed by atoms with Crippen LogP contribution in [0.15, 0.2) is 48.5 Å². The fourth-order valence-corrected chi connectivity index (χ4v) is 2.52. The van der Waals surface area contributed by atoms with Crippen LogP contribution in [0.1, 0.15) is 11.7 Å². The van der Waals surface area contributed by atoms with Gasteiger partial charge in [0, 0.05) is 13.7 Å². The van der Waals surface area contributed by atoms with E-state index >= 15 is 0 Å². The highest BCUT2D eigenvalue weighted by molar-refractivity contribution is 6.42. The van der Waals surface area contributed by atoms with Gasteiger partial charge in [0.2, 0.25) is 0 Å². The number of hydrogen-bond donors (Lipinski definition) is 2. The zero-order valence-corrected chi connectivity index (χ0v) is 15.1. The molecule has 2 aromatic carbocycles. The molecule has 0 aliphatic heterocycles. The minimum Gasteiger partial charge on any atom is -0.489 e. The molecule has 0 fully saturated rings. The molecule has 0 saturated heterocycles. The molecule has 0 saturated carbocycles. The molecule has 7 heteroatoms. The second-order valence-electron chi connectivity index (χ2n) is 5.29. The van der Waals surface area contributed by atoms with E-state index in [4.69, 9.17) is 32.7 Å². The Morgan fingerprint density at radius 2 is 1.88 bits per heavy atom. The normalized spacial score (nSPS) is 13.1. The Morgan fingerprint density at radius 3 is 2.56 bits per heavy atom. The standard InChI is InChI=1S/C18H19Cl2NO4/c1-24-17(12-6-3-2-4-7-12)18(23)21-10-13(22)11-25-15-9-5-8-14(19)16(15)20/h2-9,13,17,22H,10-11H2,1H3,(H,21,23). The van der Waals surface area contributed by atoms with Crippen LogP contribution in [0.25, 0.3) is 0 Å².